The Bertz CT molecular complexity index is 505. The zero-order chi connectivity index (χ0) is 17.6. The summed E-state index contributed by atoms with van der Waals surface area (Å²) in [4.78, 5) is 0. The lowest BCUT2D eigenvalue weighted by Gasteiger charge is -2.32. The van der Waals surface area contributed by atoms with Gasteiger partial charge in [0.1, 0.15) is 0 Å². The Kier molecular flexibility index (Phi) is 4.79. The third-order valence-corrected chi connectivity index (χ3v) is 4.53. The van der Waals surface area contributed by atoms with Crippen molar-refractivity contribution in [3.8, 4) is 0 Å². The quantitative estimate of drug-likeness (QED) is 0.724. The molecule has 1 heterocycles. The van der Waals surface area contributed by atoms with E-state index in [0.29, 0.717) is 5.47 Å². The van der Waals surface area contributed by atoms with Crippen LogP contribution in [0.5, 0.6) is 0 Å². The fourth-order valence-corrected chi connectivity index (χ4v) is 2.57. The van der Waals surface area contributed by atoms with Gasteiger partial charge in [-0.25, -0.2) is 0 Å². The zero-order valence-corrected chi connectivity index (χ0v) is 14.5. The highest BCUT2D eigenvalue weighted by Gasteiger charge is 2.53. The predicted molar refractivity (Wildman–Crippen MR) is 82.9 cm³/mol. The highest BCUT2D eigenvalue weighted by atomic mass is 19.4. The number of rotatable bonds is 3. The highest BCUT2D eigenvalue weighted by Crippen LogP contribution is 2.41. The van der Waals surface area contributed by atoms with E-state index in [1.54, 1.807) is 19.9 Å². The molecule has 0 spiro atoms. The van der Waals surface area contributed by atoms with Crippen molar-refractivity contribution in [1.29, 1.82) is 0 Å². The van der Waals surface area contributed by atoms with Crippen LogP contribution in [-0.4, -0.2) is 36.7 Å². The van der Waals surface area contributed by atoms with Crippen molar-refractivity contribution in [1.82, 2.24) is 0 Å². The molecule has 0 radical (unpaired) electrons. The van der Waals surface area contributed by atoms with E-state index < -0.39 is 36.2 Å². The Balaban J connectivity index is 2.26. The Labute approximate surface area is 136 Å². The van der Waals surface area contributed by atoms with Gasteiger partial charge in [-0.3, -0.25) is 0 Å². The van der Waals surface area contributed by atoms with Crippen LogP contribution in [0, 0.1) is 0 Å². The molecule has 1 aliphatic carbocycles. The van der Waals surface area contributed by atoms with Crippen LogP contribution < -0.4 is 0 Å². The summed E-state index contributed by atoms with van der Waals surface area (Å²) >= 11 is 0. The number of allylic oxidation sites excluding steroid dienone is 2. The Morgan fingerprint density at radius 3 is 2.13 bits per heavy atom. The summed E-state index contributed by atoms with van der Waals surface area (Å²) in [6.07, 6.45) is -2.73. The maximum absolute atomic E-state index is 13.3. The number of alkyl halides is 3. The first-order valence-corrected chi connectivity index (χ1v) is 7.83. The maximum Gasteiger partial charge on any atom is 0.494 e. The minimum atomic E-state index is -4.44. The van der Waals surface area contributed by atoms with Crippen LogP contribution >= 0.6 is 0 Å². The number of halogens is 3. The lowest BCUT2D eigenvalue weighted by atomic mass is 9.73. The molecule has 0 saturated carbocycles. The van der Waals surface area contributed by atoms with Crippen molar-refractivity contribution >= 4 is 7.12 Å². The van der Waals surface area contributed by atoms with Gasteiger partial charge in [0.15, 0.2) is 0 Å². The van der Waals surface area contributed by atoms with E-state index in [2.05, 4.69) is 0 Å². The molecule has 23 heavy (non-hydrogen) atoms. The van der Waals surface area contributed by atoms with Crippen LogP contribution in [0.3, 0.4) is 0 Å². The van der Waals surface area contributed by atoms with E-state index in [9.17, 15) is 13.2 Å². The Hall–Kier alpha value is -0.785. The van der Waals surface area contributed by atoms with Gasteiger partial charge in [0.25, 0.3) is 0 Å². The van der Waals surface area contributed by atoms with Crippen molar-refractivity contribution in [2.45, 2.75) is 77.5 Å². The molecule has 1 atom stereocenters. The SMILES string of the molecule is CC(C)OC1CC=C(B2OC(C)(C)C(C)(C)O2)C=C1C(F)(F)F. The summed E-state index contributed by atoms with van der Waals surface area (Å²) in [5.41, 5.74) is -1.45. The maximum atomic E-state index is 13.3. The van der Waals surface area contributed by atoms with E-state index in [4.69, 9.17) is 14.0 Å². The average molecular weight is 332 g/mol. The second-order valence-electron chi connectivity index (χ2n) is 7.30. The lowest BCUT2D eigenvalue weighted by Crippen LogP contribution is -2.41. The molecule has 1 fully saturated rings. The molecule has 1 aliphatic heterocycles. The minimum Gasteiger partial charge on any atom is -0.399 e. The van der Waals surface area contributed by atoms with Gasteiger partial charge in [-0.1, -0.05) is 12.2 Å². The third-order valence-electron chi connectivity index (χ3n) is 4.53. The fraction of sp³-hybridized carbons (Fsp3) is 0.750. The normalized spacial score (nSPS) is 27.2. The summed E-state index contributed by atoms with van der Waals surface area (Å²) in [5, 5.41) is 0. The number of hydrogen-bond acceptors (Lipinski definition) is 3. The summed E-state index contributed by atoms with van der Waals surface area (Å²) in [6.45, 7) is 10.9. The van der Waals surface area contributed by atoms with Gasteiger partial charge < -0.3 is 14.0 Å². The Morgan fingerprint density at radius 2 is 1.70 bits per heavy atom. The first-order chi connectivity index (χ1) is 10.3. The van der Waals surface area contributed by atoms with Crippen molar-refractivity contribution in [2.24, 2.45) is 0 Å². The second kappa shape index (κ2) is 5.94. The second-order valence-corrected chi connectivity index (χ2v) is 7.30. The van der Waals surface area contributed by atoms with Crippen LogP contribution in [0.25, 0.3) is 0 Å². The number of ether oxygens (including phenoxy) is 1. The molecule has 1 unspecified atom stereocenters. The Morgan fingerprint density at radius 1 is 1.17 bits per heavy atom. The van der Waals surface area contributed by atoms with Crippen molar-refractivity contribution < 1.29 is 27.2 Å². The molecule has 0 aromatic rings. The van der Waals surface area contributed by atoms with Gasteiger partial charge in [-0.15, -0.1) is 0 Å². The van der Waals surface area contributed by atoms with Crippen LogP contribution in [-0.2, 0) is 14.0 Å². The van der Waals surface area contributed by atoms with Gasteiger partial charge in [-0.2, -0.15) is 13.2 Å². The minimum absolute atomic E-state index is 0.156. The lowest BCUT2D eigenvalue weighted by molar-refractivity contribution is -0.115. The van der Waals surface area contributed by atoms with E-state index in [1.807, 2.05) is 27.7 Å². The van der Waals surface area contributed by atoms with Gasteiger partial charge in [0.05, 0.1) is 29.0 Å². The predicted octanol–water partition coefficient (Wildman–Crippen LogP) is 4.23. The molecule has 7 heteroatoms. The first-order valence-electron chi connectivity index (χ1n) is 7.83. The zero-order valence-electron chi connectivity index (χ0n) is 14.5. The molecular formula is C16H24BF3O3. The molecule has 3 nitrogen and oxygen atoms in total. The molecule has 2 aliphatic rings. The molecule has 0 aromatic carbocycles. The largest absolute Gasteiger partial charge is 0.494 e. The van der Waals surface area contributed by atoms with Crippen LogP contribution in [0.4, 0.5) is 13.2 Å². The van der Waals surface area contributed by atoms with Gasteiger partial charge in [0, 0.05) is 0 Å². The summed E-state index contributed by atoms with van der Waals surface area (Å²) in [5.74, 6) is 0. The van der Waals surface area contributed by atoms with Gasteiger partial charge in [-0.05, 0) is 53.4 Å². The van der Waals surface area contributed by atoms with E-state index in [1.165, 1.54) is 0 Å². The smallest absolute Gasteiger partial charge is 0.399 e. The topological polar surface area (TPSA) is 27.7 Å². The molecule has 0 N–H and O–H groups in total. The first kappa shape index (κ1) is 18.6. The van der Waals surface area contributed by atoms with Crippen molar-refractivity contribution in [2.75, 3.05) is 0 Å². The molecular weight excluding hydrogens is 308 g/mol. The van der Waals surface area contributed by atoms with Gasteiger partial charge >= 0.3 is 13.3 Å². The average Bonchev–Trinajstić information content (AvgIpc) is 2.56. The monoisotopic (exact) mass is 332 g/mol. The molecule has 130 valence electrons. The van der Waals surface area contributed by atoms with E-state index >= 15 is 0 Å². The van der Waals surface area contributed by atoms with E-state index in [0.717, 1.165) is 6.08 Å². The van der Waals surface area contributed by atoms with Crippen molar-refractivity contribution in [3.05, 3.63) is 23.2 Å². The van der Waals surface area contributed by atoms with Gasteiger partial charge in [0.2, 0.25) is 0 Å². The number of hydrogen-bond donors (Lipinski definition) is 0. The van der Waals surface area contributed by atoms with Crippen molar-refractivity contribution in [3.63, 3.8) is 0 Å². The third kappa shape index (κ3) is 3.83. The fourth-order valence-electron chi connectivity index (χ4n) is 2.57. The summed E-state index contributed by atoms with van der Waals surface area (Å²) < 4.78 is 57.1. The molecule has 0 aromatic heterocycles. The van der Waals surface area contributed by atoms with Crippen LogP contribution in [0.1, 0.15) is 48.0 Å². The summed E-state index contributed by atoms with van der Waals surface area (Å²) in [7, 11) is -0.794. The molecule has 1 saturated heterocycles. The van der Waals surface area contributed by atoms with Crippen LogP contribution in [0.2, 0.25) is 0 Å². The molecule has 0 bridgehead atoms. The van der Waals surface area contributed by atoms with E-state index in [-0.39, 0.29) is 12.5 Å². The standard InChI is InChI=1S/C16H24BF3O3/c1-10(2)21-13-8-7-11(9-12(13)16(18,19)20)17-22-14(3,4)15(5,6)23-17/h7,9-10,13H,8H2,1-6H3. The highest BCUT2D eigenvalue weighted by molar-refractivity contribution is 6.55. The van der Waals surface area contributed by atoms with Crippen LogP contribution in [0.15, 0.2) is 23.2 Å². The summed E-state index contributed by atoms with van der Waals surface area (Å²) in [6, 6.07) is 0. The molecule has 0 amide bonds. The molecule has 2 rings (SSSR count).